The molecule has 0 amide bonds. The second-order valence-electron chi connectivity index (χ2n) is 5.06. The van der Waals surface area contributed by atoms with E-state index in [4.69, 9.17) is 0 Å². The molecule has 0 aromatic heterocycles. The molecule has 1 aromatic rings. The molecule has 0 aliphatic heterocycles. The molecule has 0 saturated heterocycles. The summed E-state index contributed by atoms with van der Waals surface area (Å²) in [7, 11) is 0. The van der Waals surface area contributed by atoms with E-state index in [1.165, 1.54) is 40.4 Å². The lowest BCUT2D eigenvalue weighted by Gasteiger charge is -2.26. The summed E-state index contributed by atoms with van der Waals surface area (Å²) >= 11 is 2.51. The third-order valence-corrected chi connectivity index (χ3v) is 5.33. The van der Waals surface area contributed by atoms with Crippen molar-refractivity contribution < 1.29 is 0 Å². The van der Waals surface area contributed by atoms with Gasteiger partial charge < -0.3 is 5.32 Å². The molecule has 1 aliphatic rings. The smallest absolute Gasteiger partial charge is 0.0359 e. The minimum absolute atomic E-state index is 0.564. The van der Waals surface area contributed by atoms with Crippen LogP contribution in [0, 0.1) is 16.4 Å². The fraction of sp³-hybridized carbons (Fsp3) is 0.600. The number of rotatable bonds is 4. The number of halogens is 1. The van der Waals surface area contributed by atoms with Crippen molar-refractivity contribution in [3.05, 3.63) is 32.9 Å². The van der Waals surface area contributed by atoms with Crippen LogP contribution in [0.2, 0.25) is 0 Å². The molecule has 1 unspecified atom stereocenters. The van der Waals surface area contributed by atoms with Gasteiger partial charge in [-0.25, -0.2) is 0 Å². The van der Waals surface area contributed by atoms with Crippen molar-refractivity contribution in [2.45, 2.75) is 45.6 Å². The molecule has 94 valence electrons. The van der Waals surface area contributed by atoms with E-state index in [1.54, 1.807) is 0 Å². The average molecular weight is 343 g/mol. The summed E-state index contributed by atoms with van der Waals surface area (Å²) in [4.78, 5) is 0. The van der Waals surface area contributed by atoms with Crippen LogP contribution >= 0.6 is 22.6 Å². The Labute approximate surface area is 119 Å². The molecular formula is C15H22IN. The highest BCUT2D eigenvalue weighted by Crippen LogP contribution is 2.37. The van der Waals surface area contributed by atoms with Crippen molar-refractivity contribution >= 4 is 22.6 Å². The molecule has 1 aromatic carbocycles. The summed E-state index contributed by atoms with van der Waals surface area (Å²) in [6.07, 6.45) is 5.60. The minimum Gasteiger partial charge on any atom is -0.310 e. The highest BCUT2D eigenvalue weighted by atomic mass is 127. The molecule has 1 aliphatic carbocycles. The van der Waals surface area contributed by atoms with Crippen molar-refractivity contribution in [3.63, 3.8) is 0 Å². The largest absolute Gasteiger partial charge is 0.310 e. The van der Waals surface area contributed by atoms with Crippen LogP contribution in [0.1, 0.15) is 49.8 Å². The normalized spacial score (nSPS) is 18.5. The molecule has 1 fully saturated rings. The Morgan fingerprint density at radius 3 is 2.71 bits per heavy atom. The number of hydrogen-bond acceptors (Lipinski definition) is 1. The first-order chi connectivity index (χ1) is 8.24. The van der Waals surface area contributed by atoms with Gasteiger partial charge in [-0.2, -0.15) is 0 Å². The summed E-state index contributed by atoms with van der Waals surface area (Å²) in [6, 6.07) is 7.28. The van der Waals surface area contributed by atoms with Crippen molar-refractivity contribution in [2.75, 3.05) is 6.54 Å². The molecular weight excluding hydrogens is 321 g/mol. The third kappa shape index (κ3) is 3.02. The van der Waals surface area contributed by atoms with Crippen LogP contribution in [0.4, 0.5) is 0 Å². The lowest BCUT2D eigenvalue weighted by atomic mass is 9.91. The van der Waals surface area contributed by atoms with Crippen LogP contribution in [0.15, 0.2) is 18.2 Å². The zero-order valence-electron chi connectivity index (χ0n) is 10.8. The Bertz CT molecular complexity index is 369. The van der Waals surface area contributed by atoms with Gasteiger partial charge in [-0.3, -0.25) is 0 Å². The molecule has 1 nitrogen and oxygen atoms in total. The van der Waals surface area contributed by atoms with E-state index >= 15 is 0 Å². The van der Waals surface area contributed by atoms with Crippen molar-refractivity contribution in [3.8, 4) is 0 Å². The Hall–Kier alpha value is -0.0900. The summed E-state index contributed by atoms with van der Waals surface area (Å²) in [5.41, 5.74) is 2.92. The second-order valence-corrected chi connectivity index (χ2v) is 6.14. The second kappa shape index (κ2) is 6.19. The van der Waals surface area contributed by atoms with Gasteiger partial charge in [0, 0.05) is 9.61 Å². The molecule has 2 rings (SSSR count). The zero-order chi connectivity index (χ0) is 12.3. The van der Waals surface area contributed by atoms with Gasteiger partial charge in [0.05, 0.1) is 0 Å². The molecule has 0 spiro atoms. The minimum atomic E-state index is 0.564. The van der Waals surface area contributed by atoms with Gasteiger partial charge >= 0.3 is 0 Å². The van der Waals surface area contributed by atoms with E-state index in [0.717, 1.165) is 12.5 Å². The first-order valence-electron chi connectivity index (χ1n) is 6.72. The standard InChI is InChI=1S/C15H22IN/c1-3-17-15(12-8-4-5-9-12)13-10-6-7-11(2)14(13)16/h6-7,10,12,15,17H,3-5,8-9H2,1-2H3. The van der Waals surface area contributed by atoms with Crippen LogP contribution < -0.4 is 5.32 Å². The van der Waals surface area contributed by atoms with Crippen LogP contribution in [0.25, 0.3) is 0 Å². The molecule has 1 saturated carbocycles. The molecule has 0 heterocycles. The predicted molar refractivity (Wildman–Crippen MR) is 82.3 cm³/mol. The molecule has 17 heavy (non-hydrogen) atoms. The molecule has 0 bridgehead atoms. The Balaban J connectivity index is 2.27. The first-order valence-corrected chi connectivity index (χ1v) is 7.80. The van der Waals surface area contributed by atoms with E-state index in [1.807, 2.05) is 0 Å². The van der Waals surface area contributed by atoms with Gasteiger partial charge in [0.25, 0.3) is 0 Å². The fourth-order valence-corrected chi connectivity index (χ4v) is 3.65. The highest BCUT2D eigenvalue weighted by molar-refractivity contribution is 14.1. The maximum absolute atomic E-state index is 3.70. The van der Waals surface area contributed by atoms with Gasteiger partial charge in [0.1, 0.15) is 0 Å². The highest BCUT2D eigenvalue weighted by Gasteiger charge is 2.27. The van der Waals surface area contributed by atoms with Gasteiger partial charge in [-0.1, -0.05) is 38.0 Å². The van der Waals surface area contributed by atoms with E-state index in [2.05, 4.69) is 60.0 Å². The van der Waals surface area contributed by atoms with Gasteiger partial charge in [0.15, 0.2) is 0 Å². The van der Waals surface area contributed by atoms with Crippen molar-refractivity contribution in [1.29, 1.82) is 0 Å². The lowest BCUT2D eigenvalue weighted by Crippen LogP contribution is -2.27. The van der Waals surface area contributed by atoms with Crippen molar-refractivity contribution in [1.82, 2.24) is 5.32 Å². The van der Waals surface area contributed by atoms with Crippen LogP contribution in [0.5, 0.6) is 0 Å². The van der Waals surface area contributed by atoms with E-state index in [9.17, 15) is 0 Å². The molecule has 2 heteroatoms. The van der Waals surface area contributed by atoms with Crippen molar-refractivity contribution in [2.24, 2.45) is 5.92 Å². The summed E-state index contributed by atoms with van der Waals surface area (Å²) in [5.74, 6) is 0.838. The molecule has 1 atom stereocenters. The summed E-state index contributed by atoms with van der Waals surface area (Å²) in [5, 5.41) is 3.70. The van der Waals surface area contributed by atoms with Gasteiger partial charge in [-0.15, -0.1) is 0 Å². The Morgan fingerprint density at radius 2 is 2.06 bits per heavy atom. The van der Waals surface area contributed by atoms with Crippen LogP contribution in [0.3, 0.4) is 0 Å². The average Bonchev–Trinajstić information content (AvgIpc) is 2.84. The maximum atomic E-state index is 3.70. The third-order valence-electron chi connectivity index (χ3n) is 3.85. The number of nitrogens with one attached hydrogen (secondary N) is 1. The molecule has 1 N–H and O–H groups in total. The quantitative estimate of drug-likeness (QED) is 0.797. The predicted octanol–water partition coefficient (Wildman–Crippen LogP) is 4.44. The van der Waals surface area contributed by atoms with Gasteiger partial charge in [-0.05, 0) is 65.9 Å². The Morgan fingerprint density at radius 1 is 1.35 bits per heavy atom. The van der Waals surface area contributed by atoms with Crippen LogP contribution in [-0.4, -0.2) is 6.54 Å². The zero-order valence-corrected chi connectivity index (χ0v) is 13.0. The number of benzene rings is 1. The number of hydrogen-bond donors (Lipinski definition) is 1. The maximum Gasteiger partial charge on any atom is 0.0359 e. The Kier molecular flexibility index (Phi) is 4.86. The van der Waals surface area contributed by atoms with Gasteiger partial charge in [0.2, 0.25) is 0 Å². The van der Waals surface area contributed by atoms with E-state index in [-0.39, 0.29) is 0 Å². The van der Waals surface area contributed by atoms with E-state index < -0.39 is 0 Å². The first kappa shape index (κ1) is 13.3. The number of aryl methyl sites for hydroxylation is 1. The van der Waals surface area contributed by atoms with Crippen LogP contribution in [-0.2, 0) is 0 Å². The SMILES string of the molecule is CCNC(c1cccc(C)c1I)C1CCCC1. The topological polar surface area (TPSA) is 12.0 Å². The fourth-order valence-electron chi connectivity index (χ4n) is 2.95. The lowest BCUT2D eigenvalue weighted by molar-refractivity contribution is 0.373. The molecule has 0 radical (unpaired) electrons. The van der Waals surface area contributed by atoms with E-state index in [0.29, 0.717) is 6.04 Å². The summed E-state index contributed by atoms with van der Waals surface area (Å²) < 4.78 is 1.45. The summed E-state index contributed by atoms with van der Waals surface area (Å²) in [6.45, 7) is 5.48. The monoisotopic (exact) mass is 343 g/mol.